The predicted molar refractivity (Wildman–Crippen MR) is 98.8 cm³/mol. The molecule has 0 aliphatic rings. The van der Waals surface area contributed by atoms with E-state index in [2.05, 4.69) is 30.5 Å². The van der Waals surface area contributed by atoms with Gasteiger partial charge >= 0.3 is 0 Å². The van der Waals surface area contributed by atoms with Crippen molar-refractivity contribution >= 4 is 29.4 Å². The lowest BCUT2D eigenvalue weighted by Gasteiger charge is -2.19. The summed E-state index contributed by atoms with van der Waals surface area (Å²) in [7, 11) is 3.41. The minimum atomic E-state index is -0.0385. The molecule has 0 fully saturated rings. The van der Waals surface area contributed by atoms with Crippen LogP contribution in [-0.4, -0.2) is 37.5 Å². The maximum absolute atomic E-state index is 12.7. The van der Waals surface area contributed by atoms with Gasteiger partial charge in [-0.05, 0) is 48.4 Å². The minimum absolute atomic E-state index is 0.0385. The fourth-order valence-electron chi connectivity index (χ4n) is 2.26. The summed E-state index contributed by atoms with van der Waals surface area (Å²) in [5.74, 6) is 0.579. The number of carbonyl (C=O) groups excluding carboxylic acids is 1. The second-order valence-corrected chi connectivity index (χ2v) is 6.83. The third kappa shape index (κ3) is 4.45. The van der Waals surface area contributed by atoms with Gasteiger partial charge < -0.3 is 9.64 Å². The molecule has 5 heteroatoms. The number of nitrogens with zero attached hydrogens (tertiary/aromatic N) is 1. The molecule has 0 radical (unpaired) electrons. The number of ether oxygens (including phenoxy) is 1. The van der Waals surface area contributed by atoms with Gasteiger partial charge in [0, 0.05) is 23.4 Å². The molecule has 0 aliphatic carbocycles. The van der Waals surface area contributed by atoms with Crippen LogP contribution in [-0.2, 0) is 6.54 Å². The van der Waals surface area contributed by atoms with E-state index in [0.717, 1.165) is 10.5 Å². The Kier molecular flexibility index (Phi) is 6.42. The van der Waals surface area contributed by atoms with Crippen LogP contribution in [0.3, 0.4) is 0 Å². The first-order chi connectivity index (χ1) is 11.1. The predicted octanol–water partition coefficient (Wildman–Crippen LogP) is 4.41. The Morgan fingerprint density at radius 3 is 2.22 bits per heavy atom. The topological polar surface area (TPSA) is 29.5 Å². The third-order valence-electron chi connectivity index (χ3n) is 3.56. The number of hydrogen-bond donors (Lipinski definition) is 0. The lowest BCUT2D eigenvalue weighted by Crippen LogP contribution is -2.26. The zero-order chi connectivity index (χ0) is 16.8. The summed E-state index contributed by atoms with van der Waals surface area (Å²) in [6.45, 7) is 0.570. The third-order valence-corrected chi connectivity index (χ3v) is 5.03. The summed E-state index contributed by atoms with van der Waals surface area (Å²) in [6.07, 6.45) is 4.05. The molecular formula is C18H21NO2S2. The Bertz CT molecular complexity index is 671. The summed E-state index contributed by atoms with van der Waals surface area (Å²) in [4.78, 5) is 16.7. The fourth-order valence-corrected chi connectivity index (χ4v) is 3.09. The summed E-state index contributed by atoms with van der Waals surface area (Å²) in [5.41, 5.74) is 1.70. The molecule has 0 unspecified atom stereocenters. The van der Waals surface area contributed by atoms with E-state index in [1.165, 1.54) is 4.90 Å². The molecule has 3 nitrogen and oxygen atoms in total. The summed E-state index contributed by atoms with van der Waals surface area (Å²) < 4.78 is 5.38. The van der Waals surface area contributed by atoms with Gasteiger partial charge in [0.05, 0.1) is 12.7 Å². The molecule has 2 rings (SSSR count). The van der Waals surface area contributed by atoms with E-state index in [1.807, 2.05) is 31.5 Å². The summed E-state index contributed by atoms with van der Waals surface area (Å²) in [6, 6.07) is 14.0. The van der Waals surface area contributed by atoms with Gasteiger partial charge in [-0.25, -0.2) is 0 Å². The second kappa shape index (κ2) is 8.31. The number of carbonyl (C=O) groups is 1. The van der Waals surface area contributed by atoms with Crippen molar-refractivity contribution in [2.45, 2.75) is 16.3 Å². The molecule has 0 atom stereocenters. The van der Waals surface area contributed by atoms with Crippen molar-refractivity contribution in [3.05, 3.63) is 53.6 Å². The molecule has 0 heterocycles. The van der Waals surface area contributed by atoms with E-state index in [-0.39, 0.29) is 5.91 Å². The SMILES string of the molecule is COc1cc(SC)ccc1C(=O)N(C)Cc1ccc(SC)cc1. The Labute approximate surface area is 146 Å². The number of amides is 1. The fraction of sp³-hybridized carbons (Fsp3) is 0.278. The summed E-state index contributed by atoms with van der Waals surface area (Å²) in [5, 5.41) is 0. The van der Waals surface area contributed by atoms with Crippen LogP contribution in [0.5, 0.6) is 5.75 Å². The van der Waals surface area contributed by atoms with Crippen LogP contribution in [0.25, 0.3) is 0 Å². The number of methoxy groups -OCH3 is 1. The van der Waals surface area contributed by atoms with E-state index < -0.39 is 0 Å². The van der Waals surface area contributed by atoms with Crippen molar-refractivity contribution in [2.24, 2.45) is 0 Å². The quantitative estimate of drug-likeness (QED) is 0.724. The number of thioether (sulfide) groups is 2. The number of benzene rings is 2. The molecule has 0 N–H and O–H groups in total. The van der Waals surface area contributed by atoms with E-state index in [9.17, 15) is 4.79 Å². The van der Waals surface area contributed by atoms with Gasteiger partial charge in [-0.15, -0.1) is 23.5 Å². The standard InChI is InChI=1S/C18H21NO2S2/c1-19(12-13-5-7-14(22-3)8-6-13)18(20)16-10-9-15(23-4)11-17(16)21-2/h5-11H,12H2,1-4H3. The molecule has 122 valence electrons. The Hall–Kier alpha value is -1.59. The highest BCUT2D eigenvalue weighted by Crippen LogP contribution is 2.26. The molecule has 0 aromatic heterocycles. The van der Waals surface area contributed by atoms with Gasteiger partial charge in [0.2, 0.25) is 0 Å². The zero-order valence-corrected chi connectivity index (χ0v) is 15.5. The molecule has 0 saturated carbocycles. The summed E-state index contributed by atoms with van der Waals surface area (Å²) >= 11 is 3.34. The first-order valence-electron chi connectivity index (χ1n) is 7.19. The van der Waals surface area contributed by atoms with E-state index in [0.29, 0.717) is 17.9 Å². The van der Waals surface area contributed by atoms with Crippen LogP contribution >= 0.6 is 23.5 Å². The highest BCUT2D eigenvalue weighted by Gasteiger charge is 2.17. The first-order valence-corrected chi connectivity index (χ1v) is 9.64. The van der Waals surface area contributed by atoms with Gasteiger partial charge in [0.1, 0.15) is 5.75 Å². The van der Waals surface area contributed by atoms with Gasteiger partial charge in [-0.1, -0.05) is 12.1 Å². The molecule has 0 saturated heterocycles. The van der Waals surface area contributed by atoms with E-state index in [4.69, 9.17) is 4.74 Å². The van der Waals surface area contributed by atoms with Crippen molar-refractivity contribution in [3.63, 3.8) is 0 Å². The van der Waals surface area contributed by atoms with Gasteiger partial charge in [-0.3, -0.25) is 4.79 Å². The van der Waals surface area contributed by atoms with Gasteiger partial charge in [-0.2, -0.15) is 0 Å². The van der Waals surface area contributed by atoms with E-state index >= 15 is 0 Å². The Morgan fingerprint density at radius 1 is 1.04 bits per heavy atom. The minimum Gasteiger partial charge on any atom is -0.496 e. The molecule has 0 spiro atoms. The lowest BCUT2D eigenvalue weighted by molar-refractivity contribution is 0.0781. The molecule has 2 aromatic carbocycles. The Morgan fingerprint density at radius 2 is 1.65 bits per heavy atom. The highest BCUT2D eigenvalue weighted by molar-refractivity contribution is 7.98. The zero-order valence-electron chi connectivity index (χ0n) is 13.8. The number of rotatable bonds is 6. The van der Waals surface area contributed by atoms with Crippen molar-refractivity contribution in [2.75, 3.05) is 26.7 Å². The second-order valence-electron chi connectivity index (χ2n) is 5.08. The Balaban J connectivity index is 2.15. The van der Waals surface area contributed by atoms with Crippen LogP contribution in [0.1, 0.15) is 15.9 Å². The molecular weight excluding hydrogens is 326 g/mol. The molecule has 0 aliphatic heterocycles. The highest BCUT2D eigenvalue weighted by atomic mass is 32.2. The maximum atomic E-state index is 12.7. The molecule has 1 amide bonds. The van der Waals surface area contributed by atoms with Crippen molar-refractivity contribution in [1.29, 1.82) is 0 Å². The van der Waals surface area contributed by atoms with Crippen molar-refractivity contribution in [1.82, 2.24) is 4.90 Å². The van der Waals surface area contributed by atoms with Crippen LogP contribution < -0.4 is 4.74 Å². The number of hydrogen-bond acceptors (Lipinski definition) is 4. The van der Waals surface area contributed by atoms with Crippen molar-refractivity contribution in [3.8, 4) is 5.75 Å². The van der Waals surface area contributed by atoms with Crippen LogP contribution in [0.15, 0.2) is 52.3 Å². The van der Waals surface area contributed by atoms with Gasteiger partial charge in [0.25, 0.3) is 5.91 Å². The lowest BCUT2D eigenvalue weighted by atomic mass is 10.1. The van der Waals surface area contributed by atoms with Gasteiger partial charge in [0.15, 0.2) is 0 Å². The first kappa shape index (κ1) is 17.8. The van der Waals surface area contributed by atoms with Crippen LogP contribution in [0, 0.1) is 0 Å². The normalized spacial score (nSPS) is 10.4. The monoisotopic (exact) mass is 347 g/mol. The largest absolute Gasteiger partial charge is 0.496 e. The molecule has 23 heavy (non-hydrogen) atoms. The van der Waals surface area contributed by atoms with Crippen LogP contribution in [0.4, 0.5) is 0 Å². The van der Waals surface area contributed by atoms with E-state index in [1.54, 1.807) is 35.5 Å². The van der Waals surface area contributed by atoms with Crippen molar-refractivity contribution < 1.29 is 9.53 Å². The molecule has 0 bridgehead atoms. The van der Waals surface area contributed by atoms with Crippen LogP contribution in [0.2, 0.25) is 0 Å². The average molecular weight is 348 g/mol. The average Bonchev–Trinajstić information content (AvgIpc) is 2.61. The molecule has 2 aromatic rings. The smallest absolute Gasteiger partial charge is 0.257 e. The maximum Gasteiger partial charge on any atom is 0.257 e.